The van der Waals surface area contributed by atoms with E-state index in [2.05, 4.69) is 126 Å². The zero-order chi connectivity index (χ0) is 31.3. The molecule has 0 amide bonds. The van der Waals surface area contributed by atoms with Crippen molar-refractivity contribution in [1.29, 1.82) is 0 Å². The zero-order valence-corrected chi connectivity index (χ0v) is 26.6. The smallest absolute Gasteiger partial charge is 0.145 e. The second kappa shape index (κ2) is 9.71. The summed E-state index contributed by atoms with van der Waals surface area (Å²) in [6.45, 7) is 4.67. The van der Waals surface area contributed by atoms with Gasteiger partial charge in [-0.1, -0.05) is 68.1 Å². The van der Waals surface area contributed by atoms with E-state index in [0.29, 0.717) is 0 Å². The number of imidazole rings is 1. The van der Waals surface area contributed by atoms with Crippen molar-refractivity contribution in [2.45, 2.75) is 29.1 Å². The summed E-state index contributed by atoms with van der Waals surface area (Å²) in [6, 6.07) is 40.8. The lowest BCUT2D eigenvalue weighted by molar-refractivity contribution is 0.484. The number of rotatable bonds is 3. The van der Waals surface area contributed by atoms with Crippen molar-refractivity contribution in [3.8, 4) is 17.3 Å². The molecule has 9 aromatic rings. The first-order valence-electron chi connectivity index (χ1n) is 15.8. The quantitative estimate of drug-likeness (QED) is 0.184. The van der Waals surface area contributed by atoms with Gasteiger partial charge in [-0.2, -0.15) is 0 Å². The summed E-state index contributed by atoms with van der Waals surface area (Å²) in [4.78, 5) is 12.1. The Hall–Kier alpha value is -5.59. The van der Waals surface area contributed by atoms with Gasteiger partial charge in [0.1, 0.15) is 23.0 Å². The fourth-order valence-electron chi connectivity index (χ4n) is 7.48. The van der Waals surface area contributed by atoms with Crippen LogP contribution >= 0.6 is 11.8 Å². The number of nitrogens with zero attached hydrogens (tertiary/aromatic N) is 4. The molecule has 0 N–H and O–H groups in total. The van der Waals surface area contributed by atoms with Crippen LogP contribution in [0.5, 0.6) is 11.5 Å². The van der Waals surface area contributed by atoms with Gasteiger partial charge in [0.15, 0.2) is 0 Å². The van der Waals surface area contributed by atoms with Crippen LogP contribution < -0.4 is 4.74 Å². The molecule has 0 atom stereocenters. The highest BCUT2D eigenvalue weighted by Crippen LogP contribution is 2.51. The molecule has 0 spiro atoms. The van der Waals surface area contributed by atoms with Crippen LogP contribution in [0.25, 0.3) is 54.9 Å². The average Bonchev–Trinajstić information content (AvgIpc) is 3.71. The first-order valence-corrected chi connectivity index (χ1v) is 16.6. The Kier molecular flexibility index (Phi) is 5.50. The third kappa shape index (κ3) is 3.85. The van der Waals surface area contributed by atoms with Gasteiger partial charge in [0.25, 0.3) is 0 Å². The minimum absolute atomic E-state index is 0.116. The minimum atomic E-state index is -0.116. The van der Waals surface area contributed by atoms with Crippen molar-refractivity contribution in [1.82, 2.24) is 18.9 Å². The molecule has 47 heavy (non-hydrogen) atoms. The summed E-state index contributed by atoms with van der Waals surface area (Å²) in [7, 11) is 0. The largest absolute Gasteiger partial charge is 0.457 e. The van der Waals surface area contributed by atoms with Crippen molar-refractivity contribution < 1.29 is 4.74 Å². The topological polar surface area (TPSA) is 44.4 Å². The molecular formula is C41H28N4OS. The Morgan fingerprint density at radius 3 is 2.23 bits per heavy atom. The van der Waals surface area contributed by atoms with Crippen LogP contribution in [0.15, 0.2) is 144 Å². The molecule has 0 saturated carbocycles. The summed E-state index contributed by atoms with van der Waals surface area (Å²) in [5.41, 5.74) is 6.86. The summed E-state index contributed by atoms with van der Waals surface area (Å²) in [6.07, 6.45) is 5.73. The van der Waals surface area contributed by atoms with E-state index >= 15 is 0 Å². The molecule has 0 aliphatic carbocycles. The number of ether oxygens (including phenoxy) is 1. The summed E-state index contributed by atoms with van der Waals surface area (Å²) < 4.78 is 11.0. The molecule has 4 aromatic heterocycles. The number of para-hydroxylation sites is 1. The van der Waals surface area contributed by atoms with Crippen LogP contribution in [0, 0.1) is 0 Å². The second-order valence-electron chi connectivity index (χ2n) is 12.7. The lowest BCUT2D eigenvalue weighted by Gasteiger charge is -2.34. The number of hydrogen-bond donors (Lipinski definition) is 0. The molecule has 10 rings (SSSR count). The molecule has 224 valence electrons. The van der Waals surface area contributed by atoms with E-state index in [1.165, 1.54) is 37.1 Å². The van der Waals surface area contributed by atoms with E-state index in [1.807, 2.05) is 42.5 Å². The zero-order valence-electron chi connectivity index (χ0n) is 25.8. The lowest BCUT2D eigenvalue weighted by atomic mass is 9.77. The van der Waals surface area contributed by atoms with Gasteiger partial charge in [-0.3, -0.25) is 8.97 Å². The standard InChI is InChI=1S/C41H28N4OS/c1-41(2)32-10-4-6-12-37(32)47-38-24-36-30(23-33(38)41)29-17-15-26(22-35(29)45(36)39-13-7-8-18-42-39)46-25-14-16-27-28-9-3-5-11-34(28)44-20-19-43-40(44)31(27)21-25/h3-24H,1-2H3. The predicted octanol–water partition coefficient (Wildman–Crippen LogP) is 10.7. The van der Waals surface area contributed by atoms with Gasteiger partial charge in [-0.05, 0) is 83.2 Å². The normalized spacial score (nSPS) is 13.8. The number of benzene rings is 5. The predicted molar refractivity (Wildman–Crippen MR) is 192 cm³/mol. The molecule has 6 heteroatoms. The molecule has 5 heterocycles. The lowest BCUT2D eigenvalue weighted by Crippen LogP contribution is -2.23. The number of aromatic nitrogens is 4. The van der Waals surface area contributed by atoms with E-state index < -0.39 is 0 Å². The third-order valence-electron chi connectivity index (χ3n) is 9.73. The maximum Gasteiger partial charge on any atom is 0.145 e. The second-order valence-corrected chi connectivity index (χ2v) is 13.8. The molecule has 1 aliphatic heterocycles. The fraction of sp³-hybridized carbons (Fsp3) is 0.0732. The van der Waals surface area contributed by atoms with Gasteiger partial charge in [0.2, 0.25) is 0 Å². The molecular weight excluding hydrogens is 597 g/mol. The first kappa shape index (κ1) is 26.6. The van der Waals surface area contributed by atoms with E-state index in [1.54, 1.807) is 0 Å². The maximum absolute atomic E-state index is 6.62. The fourth-order valence-corrected chi connectivity index (χ4v) is 8.89. The SMILES string of the molecule is CC1(C)c2ccccc2Sc2cc3c(cc21)c1ccc(Oc2ccc4c5ccccc5n5ccnc5c4c2)cc1n3-c1ccccn1. The maximum atomic E-state index is 6.62. The Balaban J connectivity index is 1.15. The van der Waals surface area contributed by atoms with Crippen LogP contribution in [0.3, 0.4) is 0 Å². The Labute approximate surface area is 275 Å². The number of hydrogen-bond acceptors (Lipinski definition) is 4. The van der Waals surface area contributed by atoms with Crippen LogP contribution in [-0.4, -0.2) is 18.9 Å². The van der Waals surface area contributed by atoms with Crippen molar-refractivity contribution in [2.24, 2.45) is 0 Å². The van der Waals surface area contributed by atoms with Gasteiger partial charge in [-0.25, -0.2) is 9.97 Å². The molecule has 1 aliphatic rings. The van der Waals surface area contributed by atoms with Gasteiger partial charge in [-0.15, -0.1) is 0 Å². The summed E-state index contributed by atoms with van der Waals surface area (Å²) in [5.74, 6) is 2.41. The molecule has 0 bridgehead atoms. The molecule has 0 unspecified atom stereocenters. The molecule has 5 nitrogen and oxygen atoms in total. The van der Waals surface area contributed by atoms with Crippen molar-refractivity contribution in [3.63, 3.8) is 0 Å². The first-order chi connectivity index (χ1) is 23.0. The van der Waals surface area contributed by atoms with E-state index in [-0.39, 0.29) is 5.41 Å². The molecule has 0 saturated heterocycles. The molecule has 0 fully saturated rings. The third-order valence-corrected chi connectivity index (χ3v) is 10.9. The summed E-state index contributed by atoms with van der Waals surface area (Å²) in [5, 5.41) is 5.78. The van der Waals surface area contributed by atoms with Gasteiger partial charge in [0, 0.05) is 61.4 Å². The van der Waals surface area contributed by atoms with Crippen LogP contribution in [0.1, 0.15) is 25.0 Å². The van der Waals surface area contributed by atoms with E-state index in [0.717, 1.165) is 50.3 Å². The molecule has 5 aromatic carbocycles. The highest BCUT2D eigenvalue weighted by atomic mass is 32.2. The Morgan fingerprint density at radius 1 is 0.574 bits per heavy atom. The highest BCUT2D eigenvalue weighted by Gasteiger charge is 2.34. The van der Waals surface area contributed by atoms with E-state index in [9.17, 15) is 0 Å². The van der Waals surface area contributed by atoms with Crippen LogP contribution in [0.2, 0.25) is 0 Å². The van der Waals surface area contributed by atoms with Crippen molar-refractivity contribution >= 4 is 60.9 Å². The van der Waals surface area contributed by atoms with Gasteiger partial charge >= 0.3 is 0 Å². The van der Waals surface area contributed by atoms with Crippen molar-refractivity contribution in [2.75, 3.05) is 0 Å². The number of pyridine rings is 2. The number of fused-ring (bicyclic) bond motifs is 11. The summed E-state index contributed by atoms with van der Waals surface area (Å²) >= 11 is 1.86. The van der Waals surface area contributed by atoms with E-state index in [4.69, 9.17) is 14.7 Å². The van der Waals surface area contributed by atoms with Crippen LogP contribution in [0.4, 0.5) is 0 Å². The monoisotopic (exact) mass is 624 g/mol. The minimum Gasteiger partial charge on any atom is -0.457 e. The Bertz CT molecular complexity index is 2720. The molecule has 0 radical (unpaired) electrons. The van der Waals surface area contributed by atoms with Crippen LogP contribution in [-0.2, 0) is 5.41 Å². The Morgan fingerprint density at radius 2 is 1.34 bits per heavy atom. The average molecular weight is 625 g/mol. The van der Waals surface area contributed by atoms with Gasteiger partial charge in [0.05, 0.1) is 16.6 Å². The van der Waals surface area contributed by atoms with Gasteiger partial charge < -0.3 is 4.74 Å². The highest BCUT2D eigenvalue weighted by molar-refractivity contribution is 7.99. The van der Waals surface area contributed by atoms with Crippen molar-refractivity contribution in [3.05, 3.63) is 145 Å².